The van der Waals surface area contributed by atoms with Crippen molar-refractivity contribution >= 4 is 5.97 Å². The number of benzene rings is 1. The van der Waals surface area contributed by atoms with Crippen LogP contribution >= 0.6 is 0 Å². The smallest absolute Gasteiger partial charge is 0.313 e. The molecule has 0 aliphatic heterocycles. The van der Waals surface area contributed by atoms with E-state index in [9.17, 15) is 14.3 Å². The zero-order valence-electron chi connectivity index (χ0n) is 12.9. The molecule has 1 aromatic carbocycles. The van der Waals surface area contributed by atoms with E-state index in [0.29, 0.717) is 5.56 Å². The first-order chi connectivity index (χ1) is 11.1. The Hall–Kier alpha value is -2.11. The SMILES string of the molecule is COC1CCC([C@H](c2ccc(F)cc2)[C@H](N=[N+]=[N-])C(=O)O)CC1. The largest absolute Gasteiger partial charge is 0.481 e. The van der Waals surface area contributed by atoms with E-state index in [1.54, 1.807) is 19.2 Å². The lowest BCUT2D eigenvalue weighted by Crippen LogP contribution is -2.34. The molecule has 1 aromatic rings. The van der Waals surface area contributed by atoms with E-state index < -0.39 is 17.9 Å². The van der Waals surface area contributed by atoms with Crippen LogP contribution in [0.3, 0.4) is 0 Å². The molecule has 124 valence electrons. The molecule has 1 N–H and O–H groups in total. The number of azide groups is 1. The monoisotopic (exact) mass is 321 g/mol. The molecule has 1 aliphatic carbocycles. The molecule has 2 rings (SSSR count). The Kier molecular flexibility index (Phi) is 5.96. The summed E-state index contributed by atoms with van der Waals surface area (Å²) in [6.07, 6.45) is 3.42. The summed E-state index contributed by atoms with van der Waals surface area (Å²) in [4.78, 5) is 14.3. The molecule has 0 heterocycles. The third kappa shape index (κ3) is 4.21. The Balaban J connectivity index is 2.32. The van der Waals surface area contributed by atoms with Crippen molar-refractivity contribution in [2.24, 2.45) is 11.0 Å². The van der Waals surface area contributed by atoms with E-state index in [0.717, 1.165) is 25.7 Å². The molecule has 0 amide bonds. The first-order valence-electron chi connectivity index (χ1n) is 7.62. The maximum absolute atomic E-state index is 13.2. The first-order valence-corrected chi connectivity index (χ1v) is 7.62. The fourth-order valence-electron chi connectivity index (χ4n) is 3.41. The molecule has 1 aliphatic rings. The second kappa shape index (κ2) is 7.94. The minimum Gasteiger partial charge on any atom is -0.481 e. The van der Waals surface area contributed by atoms with E-state index in [-0.39, 0.29) is 17.8 Å². The van der Waals surface area contributed by atoms with Crippen molar-refractivity contribution in [2.45, 2.75) is 43.7 Å². The maximum atomic E-state index is 13.2. The van der Waals surface area contributed by atoms with Crippen LogP contribution < -0.4 is 0 Å². The van der Waals surface area contributed by atoms with E-state index >= 15 is 0 Å². The Labute approximate surface area is 133 Å². The van der Waals surface area contributed by atoms with Gasteiger partial charge >= 0.3 is 5.97 Å². The van der Waals surface area contributed by atoms with E-state index in [4.69, 9.17) is 10.3 Å². The highest BCUT2D eigenvalue weighted by molar-refractivity contribution is 5.75. The number of carbonyl (C=O) groups is 1. The van der Waals surface area contributed by atoms with Crippen LogP contribution in [0.5, 0.6) is 0 Å². The summed E-state index contributed by atoms with van der Waals surface area (Å²) in [7, 11) is 1.67. The van der Waals surface area contributed by atoms with Gasteiger partial charge in [0.2, 0.25) is 0 Å². The van der Waals surface area contributed by atoms with Gasteiger partial charge in [0.25, 0.3) is 0 Å². The van der Waals surface area contributed by atoms with Crippen LogP contribution in [0.25, 0.3) is 10.4 Å². The van der Waals surface area contributed by atoms with Crippen molar-refractivity contribution in [2.75, 3.05) is 7.11 Å². The van der Waals surface area contributed by atoms with Crippen molar-refractivity contribution in [3.63, 3.8) is 0 Å². The Morgan fingerprint density at radius 1 is 1.35 bits per heavy atom. The average molecular weight is 321 g/mol. The van der Waals surface area contributed by atoms with Gasteiger partial charge in [-0.05, 0) is 54.8 Å². The number of nitrogens with zero attached hydrogens (tertiary/aromatic N) is 3. The number of aliphatic carboxylic acids is 1. The van der Waals surface area contributed by atoms with Crippen LogP contribution in [0.4, 0.5) is 4.39 Å². The van der Waals surface area contributed by atoms with Gasteiger partial charge in [-0.25, -0.2) is 4.39 Å². The number of rotatable bonds is 6. The minimum absolute atomic E-state index is 0.0541. The fraction of sp³-hybridized carbons (Fsp3) is 0.562. The van der Waals surface area contributed by atoms with Gasteiger partial charge < -0.3 is 9.84 Å². The Morgan fingerprint density at radius 2 is 1.96 bits per heavy atom. The highest BCUT2D eigenvalue weighted by Gasteiger charge is 2.37. The third-order valence-electron chi connectivity index (χ3n) is 4.58. The van der Waals surface area contributed by atoms with Gasteiger partial charge in [0.15, 0.2) is 0 Å². The number of hydrogen-bond donors (Lipinski definition) is 1. The predicted octanol–water partition coefficient (Wildman–Crippen LogP) is 3.88. The lowest BCUT2D eigenvalue weighted by molar-refractivity contribution is -0.139. The topological polar surface area (TPSA) is 95.3 Å². The zero-order chi connectivity index (χ0) is 16.8. The summed E-state index contributed by atoms with van der Waals surface area (Å²) in [6.45, 7) is 0. The highest BCUT2D eigenvalue weighted by Crippen LogP contribution is 2.40. The molecule has 7 heteroatoms. The number of methoxy groups -OCH3 is 1. The highest BCUT2D eigenvalue weighted by atomic mass is 19.1. The molecule has 1 saturated carbocycles. The van der Waals surface area contributed by atoms with Gasteiger partial charge in [0, 0.05) is 17.9 Å². The van der Waals surface area contributed by atoms with Gasteiger partial charge in [-0.2, -0.15) is 0 Å². The summed E-state index contributed by atoms with van der Waals surface area (Å²) < 4.78 is 18.5. The van der Waals surface area contributed by atoms with Crippen LogP contribution in [0.2, 0.25) is 0 Å². The predicted molar refractivity (Wildman–Crippen MR) is 82.5 cm³/mol. The molecule has 2 atom stereocenters. The molecular weight excluding hydrogens is 301 g/mol. The Morgan fingerprint density at radius 3 is 2.43 bits per heavy atom. The summed E-state index contributed by atoms with van der Waals surface area (Å²) in [5.74, 6) is -1.96. The van der Waals surface area contributed by atoms with Gasteiger partial charge in [-0.3, -0.25) is 4.79 Å². The van der Waals surface area contributed by atoms with E-state index in [1.807, 2.05) is 0 Å². The summed E-state index contributed by atoms with van der Waals surface area (Å²) in [5, 5.41) is 12.9. The van der Waals surface area contributed by atoms with Crippen LogP contribution in [-0.4, -0.2) is 30.3 Å². The molecule has 6 nitrogen and oxygen atoms in total. The molecule has 0 saturated heterocycles. The van der Waals surface area contributed by atoms with Crippen LogP contribution in [-0.2, 0) is 9.53 Å². The molecule has 0 bridgehead atoms. The molecule has 23 heavy (non-hydrogen) atoms. The number of ether oxygens (including phenoxy) is 1. The van der Waals surface area contributed by atoms with Crippen molar-refractivity contribution in [3.8, 4) is 0 Å². The van der Waals surface area contributed by atoms with Crippen molar-refractivity contribution < 1.29 is 19.0 Å². The molecule has 0 aromatic heterocycles. The normalized spacial score (nSPS) is 23.6. The van der Waals surface area contributed by atoms with E-state index in [2.05, 4.69) is 10.0 Å². The van der Waals surface area contributed by atoms with Crippen molar-refractivity contribution in [1.29, 1.82) is 0 Å². The minimum atomic E-state index is -1.20. The summed E-state index contributed by atoms with van der Waals surface area (Å²) in [5.41, 5.74) is 9.41. The second-order valence-corrected chi connectivity index (χ2v) is 5.84. The number of halogens is 1. The lowest BCUT2D eigenvalue weighted by Gasteiger charge is -2.35. The molecule has 1 fully saturated rings. The van der Waals surface area contributed by atoms with Gasteiger partial charge in [0.1, 0.15) is 11.9 Å². The third-order valence-corrected chi connectivity index (χ3v) is 4.58. The lowest BCUT2D eigenvalue weighted by atomic mass is 9.73. The maximum Gasteiger partial charge on any atom is 0.313 e. The standard InChI is InChI=1S/C16H20FN3O3/c1-23-13-8-4-11(5-9-13)14(15(16(21)22)19-20-18)10-2-6-12(17)7-3-10/h2-3,6-7,11,13-15H,4-5,8-9H2,1H3,(H,21,22)/t11?,13?,14-,15-/m0/s1. The second-order valence-electron chi connectivity index (χ2n) is 5.84. The van der Waals surface area contributed by atoms with Gasteiger partial charge in [-0.1, -0.05) is 17.2 Å². The molecule has 0 spiro atoms. The van der Waals surface area contributed by atoms with Gasteiger partial charge in [0.05, 0.1) is 6.10 Å². The summed E-state index contributed by atoms with van der Waals surface area (Å²) in [6, 6.07) is 4.56. The quantitative estimate of drug-likeness (QED) is 0.489. The molecule has 0 radical (unpaired) electrons. The van der Waals surface area contributed by atoms with E-state index in [1.165, 1.54) is 12.1 Å². The van der Waals surface area contributed by atoms with Crippen LogP contribution in [0.15, 0.2) is 29.4 Å². The van der Waals surface area contributed by atoms with Crippen LogP contribution in [0, 0.1) is 11.7 Å². The number of carboxylic acid groups (broad SMARTS) is 1. The summed E-state index contributed by atoms with van der Waals surface area (Å²) >= 11 is 0. The average Bonchev–Trinajstić information content (AvgIpc) is 2.56. The van der Waals surface area contributed by atoms with Crippen molar-refractivity contribution in [1.82, 2.24) is 0 Å². The molecular formula is C16H20FN3O3. The first kappa shape index (κ1) is 17.2. The van der Waals surface area contributed by atoms with Crippen molar-refractivity contribution in [3.05, 3.63) is 46.1 Å². The Bertz CT molecular complexity index is 577. The number of carboxylic acids is 1. The number of hydrogen-bond acceptors (Lipinski definition) is 3. The zero-order valence-corrected chi connectivity index (χ0v) is 12.9. The molecule has 0 unspecified atom stereocenters. The van der Waals surface area contributed by atoms with Crippen LogP contribution in [0.1, 0.15) is 37.2 Å². The van der Waals surface area contributed by atoms with Gasteiger partial charge in [-0.15, -0.1) is 0 Å². The fourth-order valence-corrected chi connectivity index (χ4v) is 3.41.